The van der Waals surface area contributed by atoms with Crippen molar-refractivity contribution in [2.75, 3.05) is 0 Å². The maximum Gasteiger partial charge on any atom is 0.180 e. The Kier molecular flexibility index (Phi) is 13.5. The first-order chi connectivity index (χ1) is 12.7. The Morgan fingerprint density at radius 2 is 1.15 bits per heavy atom. The van der Waals surface area contributed by atoms with E-state index in [9.17, 15) is 0 Å². The predicted molar refractivity (Wildman–Crippen MR) is 111 cm³/mol. The summed E-state index contributed by atoms with van der Waals surface area (Å²) in [6, 6.07) is 0. The zero-order valence-electron chi connectivity index (χ0n) is 17.9. The third-order valence-corrected chi connectivity index (χ3v) is 6.00. The Bertz CT molecular complexity index is 404. The van der Waals surface area contributed by atoms with Gasteiger partial charge in [-0.25, -0.2) is 0 Å². The number of H-pyrrole nitrogens is 1. The first-order valence-corrected chi connectivity index (χ1v) is 11.5. The van der Waals surface area contributed by atoms with E-state index in [4.69, 9.17) is 0 Å². The van der Waals surface area contributed by atoms with Gasteiger partial charge in [0.05, 0.1) is 0 Å². The Morgan fingerprint density at radius 3 is 1.54 bits per heavy atom. The van der Waals surface area contributed by atoms with Gasteiger partial charge in [0.15, 0.2) is 5.82 Å². The fourth-order valence-electron chi connectivity index (χ4n) is 3.75. The molecule has 0 saturated carbocycles. The second-order valence-electron chi connectivity index (χ2n) is 8.35. The summed E-state index contributed by atoms with van der Waals surface area (Å²) in [4.78, 5) is 0. The minimum atomic E-state index is 0.0868. The third kappa shape index (κ3) is 10.3. The summed E-state index contributed by atoms with van der Waals surface area (Å²) in [5.41, 5.74) is 0.0868. The first kappa shape index (κ1) is 23.1. The fourth-order valence-corrected chi connectivity index (χ4v) is 3.75. The maximum absolute atomic E-state index is 4.20. The molecule has 4 heteroatoms. The highest BCUT2D eigenvalue weighted by atomic mass is 15.5. The summed E-state index contributed by atoms with van der Waals surface area (Å²) in [6.45, 7) is 6.78. The van der Waals surface area contributed by atoms with Gasteiger partial charge < -0.3 is 0 Å². The van der Waals surface area contributed by atoms with Gasteiger partial charge in [-0.05, 0) is 12.8 Å². The first-order valence-electron chi connectivity index (χ1n) is 11.5. The molecule has 152 valence electrons. The van der Waals surface area contributed by atoms with Crippen molar-refractivity contribution in [2.24, 2.45) is 0 Å². The summed E-state index contributed by atoms with van der Waals surface area (Å²) in [5.74, 6) is 0.880. The molecule has 0 aliphatic heterocycles. The fraction of sp³-hybridized carbons (Fsp3) is 0.955. The van der Waals surface area contributed by atoms with Gasteiger partial charge in [-0.3, -0.25) is 0 Å². The lowest BCUT2D eigenvalue weighted by Gasteiger charge is -2.24. The summed E-state index contributed by atoms with van der Waals surface area (Å²) >= 11 is 0. The molecule has 0 radical (unpaired) electrons. The topological polar surface area (TPSA) is 54.5 Å². The monoisotopic (exact) mass is 364 g/mol. The molecule has 1 heterocycles. The van der Waals surface area contributed by atoms with Crippen LogP contribution in [0.5, 0.6) is 0 Å². The number of tetrazole rings is 1. The number of rotatable bonds is 18. The zero-order chi connectivity index (χ0) is 18.9. The lowest BCUT2D eigenvalue weighted by molar-refractivity contribution is 0.373. The van der Waals surface area contributed by atoms with E-state index in [0.717, 1.165) is 12.2 Å². The van der Waals surface area contributed by atoms with E-state index in [1.165, 1.54) is 103 Å². The summed E-state index contributed by atoms with van der Waals surface area (Å²) < 4.78 is 0. The molecule has 1 aromatic rings. The molecule has 1 rings (SSSR count). The minimum Gasteiger partial charge on any atom is -0.177 e. The predicted octanol–water partition coefficient (Wildman–Crippen LogP) is 7.13. The molecule has 0 fully saturated rings. The van der Waals surface area contributed by atoms with Crippen LogP contribution >= 0.6 is 0 Å². The molecule has 0 aliphatic carbocycles. The van der Waals surface area contributed by atoms with Crippen molar-refractivity contribution >= 4 is 0 Å². The van der Waals surface area contributed by atoms with Gasteiger partial charge in [0.1, 0.15) is 0 Å². The molecule has 4 nitrogen and oxygen atoms in total. The van der Waals surface area contributed by atoms with Gasteiger partial charge in [0.25, 0.3) is 0 Å². The number of unbranched alkanes of at least 4 members (excludes halogenated alkanes) is 14. The smallest absolute Gasteiger partial charge is 0.177 e. The maximum atomic E-state index is 4.20. The van der Waals surface area contributed by atoms with E-state index in [1.807, 2.05) is 0 Å². The molecule has 0 aliphatic rings. The van der Waals surface area contributed by atoms with Crippen LogP contribution < -0.4 is 0 Å². The average Bonchev–Trinajstić information content (AvgIpc) is 3.20. The molecule has 1 aromatic heterocycles. The van der Waals surface area contributed by atoms with E-state index in [2.05, 4.69) is 41.4 Å². The van der Waals surface area contributed by atoms with Crippen molar-refractivity contribution in [3.05, 3.63) is 5.82 Å². The molecule has 0 aromatic carbocycles. The van der Waals surface area contributed by atoms with Crippen LogP contribution in [0.1, 0.15) is 136 Å². The second-order valence-corrected chi connectivity index (χ2v) is 8.35. The van der Waals surface area contributed by atoms with Crippen LogP contribution in [0.4, 0.5) is 0 Å². The van der Waals surface area contributed by atoms with Gasteiger partial charge in [-0.1, -0.05) is 122 Å². The Hall–Kier alpha value is -0.930. The SMILES string of the molecule is CCCCCCCCCCCCCCCCCC(C)(CC)c1nn[nH]n1. The Labute approximate surface area is 162 Å². The molecule has 1 atom stereocenters. The van der Waals surface area contributed by atoms with Gasteiger partial charge in [-0.2, -0.15) is 5.21 Å². The van der Waals surface area contributed by atoms with Crippen LogP contribution in [0, 0.1) is 0 Å². The summed E-state index contributed by atoms with van der Waals surface area (Å²) in [6.07, 6.45) is 23.5. The van der Waals surface area contributed by atoms with Gasteiger partial charge in [0.2, 0.25) is 0 Å². The van der Waals surface area contributed by atoms with Crippen molar-refractivity contribution < 1.29 is 0 Å². The standard InChI is InChI=1S/C22H44N4/c1-4-6-7-8-9-10-11-12-13-14-15-16-17-18-19-20-22(3,5-2)21-23-25-26-24-21/h4-20H2,1-3H3,(H,23,24,25,26). The van der Waals surface area contributed by atoms with Crippen molar-refractivity contribution in [1.82, 2.24) is 20.6 Å². The molecule has 0 saturated heterocycles. The summed E-state index contributed by atoms with van der Waals surface area (Å²) in [5, 5.41) is 14.7. The highest BCUT2D eigenvalue weighted by molar-refractivity contribution is 5.01. The van der Waals surface area contributed by atoms with Crippen LogP contribution in [0.3, 0.4) is 0 Å². The van der Waals surface area contributed by atoms with Crippen molar-refractivity contribution in [3.63, 3.8) is 0 Å². The molecular formula is C22H44N4. The van der Waals surface area contributed by atoms with E-state index >= 15 is 0 Å². The molecule has 0 spiro atoms. The van der Waals surface area contributed by atoms with Crippen LogP contribution in [0.15, 0.2) is 0 Å². The van der Waals surface area contributed by atoms with Crippen LogP contribution in [0.25, 0.3) is 0 Å². The van der Waals surface area contributed by atoms with Gasteiger partial charge in [-0.15, -0.1) is 10.2 Å². The quantitative estimate of drug-likeness (QED) is 0.282. The van der Waals surface area contributed by atoms with Gasteiger partial charge >= 0.3 is 0 Å². The molecular weight excluding hydrogens is 320 g/mol. The van der Waals surface area contributed by atoms with E-state index in [-0.39, 0.29) is 5.41 Å². The largest absolute Gasteiger partial charge is 0.180 e. The van der Waals surface area contributed by atoms with Crippen molar-refractivity contribution in [1.29, 1.82) is 0 Å². The molecule has 0 amide bonds. The number of aromatic nitrogens is 4. The second kappa shape index (κ2) is 15.2. The van der Waals surface area contributed by atoms with E-state index < -0.39 is 0 Å². The zero-order valence-corrected chi connectivity index (χ0v) is 17.9. The Balaban J connectivity index is 1.86. The van der Waals surface area contributed by atoms with Crippen molar-refractivity contribution in [3.8, 4) is 0 Å². The lowest BCUT2D eigenvalue weighted by atomic mass is 9.81. The van der Waals surface area contributed by atoms with Gasteiger partial charge in [0, 0.05) is 5.41 Å². The summed E-state index contributed by atoms with van der Waals surface area (Å²) in [7, 11) is 0. The van der Waals surface area contributed by atoms with Crippen LogP contribution in [0.2, 0.25) is 0 Å². The number of aromatic amines is 1. The number of hydrogen-bond acceptors (Lipinski definition) is 3. The highest BCUT2D eigenvalue weighted by Gasteiger charge is 2.28. The third-order valence-electron chi connectivity index (χ3n) is 6.00. The van der Waals surface area contributed by atoms with E-state index in [1.54, 1.807) is 0 Å². The van der Waals surface area contributed by atoms with Crippen molar-refractivity contribution in [2.45, 2.75) is 135 Å². The van der Waals surface area contributed by atoms with E-state index in [0.29, 0.717) is 0 Å². The number of nitrogens with one attached hydrogen (secondary N) is 1. The lowest BCUT2D eigenvalue weighted by Crippen LogP contribution is -2.22. The van der Waals surface area contributed by atoms with Crippen LogP contribution in [-0.4, -0.2) is 20.6 Å². The average molecular weight is 365 g/mol. The van der Waals surface area contributed by atoms with Crippen LogP contribution in [-0.2, 0) is 5.41 Å². The molecule has 0 bridgehead atoms. The molecule has 1 N–H and O–H groups in total. The molecule has 26 heavy (non-hydrogen) atoms. The molecule has 1 unspecified atom stereocenters. The number of hydrogen-bond donors (Lipinski definition) is 1. The highest BCUT2D eigenvalue weighted by Crippen LogP contribution is 2.30. The Morgan fingerprint density at radius 1 is 0.692 bits per heavy atom. The minimum absolute atomic E-state index is 0.0868. The number of nitrogens with zero attached hydrogens (tertiary/aromatic N) is 3. The normalized spacial score (nSPS) is 13.8.